The van der Waals surface area contributed by atoms with Crippen LogP contribution in [0.5, 0.6) is 0 Å². The summed E-state index contributed by atoms with van der Waals surface area (Å²) in [6.07, 6.45) is 1.62. The van der Waals surface area contributed by atoms with Gasteiger partial charge in [-0.1, -0.05) is 13.8 Å². The Kier molecular flexibility index (Phi) is 5.32. The van der Waals surface area contributed by atoms with Crippen LogP contribution in [0.1, 0.15) is 31.0 Å². The van der Waals surface area contributed by atoms with E-state index >= 15 is 0 Å². The molecular formula is C11H17NOS2. The second-order valence-corrected chi connectivity index (χ2v) is 6.00. The third-order valence-corrected chi connectivity index (χ3v) is 4.48. The number of thiazole rings is 1. The van der Waals surface area contributed by atoms with E-state index in [1.807, 2.05) is 12.3 Å². The molecule has 1 heterocycles. The van der Waals surface area contributed by atoms with Gasteiger partial charge < -0.3 is 0 Å². The molecule has 0 aliphatic rings. The maximum atomic E-state index is 11.6. The lowest BCUT2D eigenvalue weighted by molar-refractivity contribution is -0.116. The molecule has 84 valence electrons. The Morgan fingerprint density at radius 2 is 2.40 bits per heavy atom. The predicted molar refractivity (Wildman–Crippen MR) is 67.8 cm³/mol. The highest BCUT2D eigenvalue weighted by Gasteiger charge is 2.08. The van der Waals surface area contributed by atoms with Crippen LogP contribution < -0.4 is 0 Å². The number of nitrogens with zero attached hydrogens (tertiary/aromatic N) is 1. The number of ketones is 1. The minimum absolute atomic E-state index is 0.287. The van der Waals surface area contributed by atoms with Crippen molar-refractivity contribution in [3.05, 3.63) is 16.1 Å². The highest BCUT2D eigenvalue weighted by atomic mass is 32.2. The van der Waals surface area contributed by atoms with Crippen molar-refractivity contribution in [3.8, 4) is 0 Å². The van der Waals surface area contributed by atoms with Crippen molar-refractivity contribution >= 4 is 28.9 Å². The molecule has 2 nitrogen and oxygen atoms in total. The fourth-order valence-corrected chi connectivity index (χ4v) is 2.67. The van der Waals surface area contributed by atoms with Crippen LogP contribution in [0.2, 0.25) is 0 Å². The van der Waals surface area contributed by atoms with E-state index in [4.69, 9.17) is 0 Å². The van der Waals surface area contributed by atoms with E-state index in [9.17, 15) is 4.79 Å². The normalized spacial score (nSPS) is 12.7. The molecule has 4 heteroatoms. The maximum Gasteiger partial charge on any atom is 0.149 e. The van der Waals surface area contributed by atoms with Gasteiger partial charge in [-0.25, -0.2) is 4.98 Å². The van der Waals surface area contributed by atoms with Gasteiger partial charge in [0.15, 0.2) is 0 Å². The van der Waals surface area contributed by atoms with Crippen molar-refractivity contribution in [3.63, 3.8) is 0 Å². The first-order valence-electron chi connectivity index (χ1n) is 5.16. The second-order valence-electron chi connectivity index (χ2n) is 3.63. The molecule has 1 unspecified atom stereocenters. The Bertz CT molecular complexity index is 322. The predicted octanol–water partition coefficient (Wildman–Crippen LogP) is 3.09. The quantitative estimate of drug-likeness (QED) is 0.769. The van der Waals surface area contributed by atoms with Crippen LogP contribution in [0.3, 0.4) is 0 Å². The first-order chi connectivity index (χ1) is 7.11. The maximum absolute atomic E-state index is 11.6. The standard InChI is InChI=1S/C11H17NOS2/c1-4-9(3)14-7-10(13)5-11-12-8(2)6-15-11/h6,9H,4-5,7H2,1-3H3. The lowest BCUT2D eigenvalue weighted by Crippen LogP contribution is -2.08. The molecule has 1 atom stereocenters. The summed E-state index contributed by atoms with van der Waals surface area (Å²) in [6.45, 7) is 6.26. The Labute approximate surface area is 99.5 Å². The molecule has 0 amide bonds. The van der Waals surface area contributed by atoms with E-state index in [2.05, 4.69) is 18.8 Å². The van der Waals surface area contributed by atoms with E-state index in [0.29, 0.717) is 17.4 Å². The number of carbonyl (C=O) groups excluding carboxylic acids is 1. The number of carbonyl (C=O) groups is 1. The van der Waals surface area contributed by atoms with Crippen LogP contribution in [-0.4, -0.2) is 21.8 Å². The minimum Gasteiger partial charge on any atom is -0.298 e. The average Bonchev–Trinajstić information content (AvgIpc) is 2.60. The van der Waals surface area contributed by atoms with Crippen molar-refractivity contribution in [1.82, 2.24) is 4.98 Å². The van der Waals surface area contributed by atoms with Gasteiger partial charge in [0.1, 0.15) is 10.8 Å². The molecule has 1 rings (SSSR count). The molecule has 0 fully saturated rings. The molecule has 0 aliphatic heterocycles. The number of aryl methyl sites for hydroxylation is 1. The van der Waals surface area contributed by atoms with Crippen molar-refractivity contribution in [2.45, 2.75) is 38.9 Å². The van der Waals surface area contributed by atoms with Crippen LogP contribution in [-0.2, 0) is 11.2 Å². The molecule has 1 aromatic rings. The molecule has 0 N–H and O–H groups in total. The van der Waals surface area contributed by atoms with Crippen LogP contribution in [0, 0.1) is 6.92 Å². The van der Waals surface area contributed by atoms with E-state index in [1.165, 1.54) is 0 Å². The van der Waals surface area contributed by atoms with E-state index in [0.717, 1.165) is 17.1 Å². The summed E-state index contributed by atoms with van der Waals surface area (Å²) in [6, 6.07) is 0. The van der Waals surface area contributed by atoms with Crippen LogP contribution in [0.25, 0.3) is 0 Å². The number of hydrogen-bond acceptors (Lipinski definition) is 4. The topological polar surface area (TPSA) is 30.0 Å². The molecular weight excluding hydrogens is 226 g/mol. The summed E-state index contributed by atoms with van der Waals surface area (Å²) in [7, 11) is 0. The zero-order valence-electron chi connectivity index (χ0n) is 9.45. The van der Waals surface area contributed by atoms with E-state index in [-0.39, 0.29) is 5.78 Å². The summed E-state index contributed by atoms with van der Waals surface area (Å²) < 4.78 is 0. The Morgan fingerprint density at radius 1 is 1.67 bits per heavy atom. The van der Waals surface area contributed by atoms with Gasteiger partial charge in [0.25, 0.3) is 0 Å². The molecule has 0 aromatic carbocycles. The number of thioether (sulfide) groups is 1. The van der Waals surface area contributed by atoms with Gasteiger partial charge in [-0.2, -0.15) is 11.8 Å². The number of hydrogen-bond donors (Lipinski definition) is 0. The van der Waals surface area contributed by atoms with Gasteiger partial charge >= 0.3 is 0 Å². The lowest BCUT2D eigenvalue weighted by Gasteiger charge is -2.06. The fraction of sp³-hybridized carbons (Fsp3) is 0.636. The SMILES string of the molecule is CCC(C)SCC(=O)Cc1nc(C)cs1. The van der Waals surface area contributed by atoms with E-state index < -0.39 is 0 Å². The molecule has 1 aromatic heterocycles. The minimum atomic E-state index is 0.287. The van der Waals surface area contributed by atoms with Gasteiger partial charge in [-0.05, 0) is 13.3 Å². The number of rotatable bonds is 6. The first-order valence-corrected chi connectivity index (χ1v) is 7.09. The van der Waals surface area contributed by atoms with Gasteiger partial charge in [0.05, 0.1) is 12.2 Å². The number of aromatic nitrogens is 1. The molecule has 0 bridgehead atoms. The monoisotopic (exact) mass is 243 g/mol. The number of Topliss-reactive ketones (excluding diaryl/α,β-unsaturated/α-hetero) is 1. The largest absolute Gasteiger partial charge is 0.298 e. The van der Waals surface area contributed by atoms with Crippen molar-refractivity contribution in [1.29, 1.82) is 0 Å². The van der Waals surface area contributed by atoms with Crippen LogP contribution in [0.15, 0.2) is 5.38 Å². The van der Waals surface area contributed by atoms with Crippen LogP contribution >= 0.6 is 23.1 Å². The Hall–Kier alpha value is -0.350. The lowest BCUT2D eigenvalue weighted by atomic mass is 10.3. The Morgan fingerprint density at radius 3 is 2.93 bits per heavy atom. The molecule has 0 saturated heterocycles. The third-order valence-electron chi connectivity index (χ3n) is 2.12. The third kappa shape index (κ3) is 4.80. The molecule has 15 heavy (non-hydrogen) atoms. The van der Waals surface area contributed by atoms with Gasteiger partial charge in [0, 0.05) is 16.3 Å². The summed E-state index contributed by atoms with van der Waals surface area (Å²) in [4.78, 5) is 15.9. The summed E-state index contributed by atoms with van der Waals surface area (Å²) in [5.41, 5.74) is 1.01. The van der Waals surface area contributed by atoms with Crippen molar-refractivity contribution < 1.29 is 4.79 Å². The van der Waals surface area contributed by atoms with Gasteiger partial charge in [-0.3, -0.25) is 4.79 Å². The summed E-state index contributed by atoms with van der Waals surface area (Å²) in [5.74, 6) is 0.905. The highest BCUT2D eigenvalue weighted by molar-refractivity contribution is 8.00. The van der Waals surface area contributed by atoms with E-state index in [1.54, 1.807) is 23.1 Å². The first kappa shape index (κ1) is 12.7. The smallest absolute Gasteiger partial charge is 0.149 e. The molecule has 0 radical (unpaired) electrons. The van der Waals surface area contributed by atoms with Crippen LogP contribution in [0.4, 0.5) is 0 Å². The van der Waals surface area contributed by atoms with Crippen molar-refractivity contribution in [2.24, 2.45) is 0 Å². The van der Waals surface area contributed by atoms with Crippen molar-refractivity contribution in [2.75, 3.05) is 5.75 Å². The molecule has 0 aliphatic carbocycles. The molecule has 0 spiro atoms. The fourth-order valence-electron chi connectivity index (χ4n) is 1.06. The average molecular weight is 243 g/mol. The van der Waals surface area contributed by atoms with Gasteiger partial charge in [0.2, 0.25) is 0 Å². The summed E-state index contributed by atoms with van der Waals surface area (Å²) in [5, 5.41) is 3.51. The molecule has 0 saturated carbocycles. The zero-order valence-corrected chi connectivity index (χ0v) is 11.1. The highest BCUT2D eigenvalue weighted by Crippen LogP contribution is 2.15. The second kappa shape index (κ2) is 6.28. The summed E-state index contributed by atoms with van der Waals surface area (Å²) >= 11 is 3.31. The van der Waals surface area contributed by atoms with Gasteiger partial charge in [-0.15, -0.1) is 11.3 Å². The Balaban J connectivity index is 2.30. The zero-order chi connectivity index (χ0) is 11.3.